The highest BCUT2D eigenvalue weighted by atomic mass is 32.1. The summed E-state index contributed by atoms with van der Waals surface area (Å²) in [7, 11) is 0. The first kappa shape index (κ1) is 22.2. The molecule has 0 radical (unpaired) electrons. The molecular weight excluding hydrogens is 398 g/mol. The molecular formula is C18H23N5O5S. The predicted molar refractivity (Wildman–Crippen MR) is 107 cm³/mol. The summed E-state index contributed by atoms with van der Waals surface area (Å²) in [5.74, 6) is -2.35. The number of hydrogen-bond acceptors (Lipinski definition) is 7. The maximum absolute atomic E-state index is 12.8. The van der Waals surface area contributed by atoms with E-state index >= 15 is 0 Å². The number of hydrogen-bond donors (Lipinski definition) is 7. The number of phenolic OH excluding ortho intramolecular Hbond substituents is 1. The van der Waals surface area contributed by atoms with Crippen molar-refractivity contribution in [1.82, 2.24) is 20.6 Å². The average Bonchev–Trinajstić information content (AvgIpc) is 3.20. The Morgan fingerprint density at radius 1 is 1.10 bits per heavy atom. The molecule has 156 valence electrons. The highest BCUT2D eigenvalue weighted by Gasteiger charge is 2.28. The van der Waals surface area contributed by atoms with Crippen molar-refractivity contribution < 1.29 is 24.6 Å². The second kappa shape index (κ2) is 10.5. The fourth-order valence-electron chi connectivity index (χ4n) is 2.53. The molecule has 2 amide bonds. The summed E-state index contributed by atoms with van der Waals surface area (Å²) in [5.41, 5.74) is 6.84. The van der Waals surface area contributed by atoms with E-state index in [1.54, 1.807) is 12.1 Å². The number of aromatic hydroxyl groups is 1. The Hall–Kier alpha value is -3.05. The van der Waals surface area contributed by atoms with Gasteiger partial charge in [0.2, 0.25) is 11.8 Å². The van der Waals surface area contributed by atoms with Gasteiger partial charge in [0.25, 0.3) is 0 Å². The van der Waals surface area contributed by atoms with Crippen molar-refractivity contribution in [3.63, 3.8) is 0 Å². The van der Waals surface area contributed by atoms with Crippen molar-refractivity contribution in [3.8, 4) is 5.75 Å². The second-order valence-corrected chi connectivity index (χ2v) is 6.77. The first-order valence-corrected chi connectivity index (χ1v) is 9.38. The van der Waals surface area contributed by atoms with Crippen molar-refractivity contribution in [2.24, 2.45) is 5.73 Å². The third kappa shape index (κ3) is 6.80. The van der Waals surface area contributed by atoms with Gasteiger partial charge in [0.15, 0.2) is 0 Å². The zero-order valence-corrected chi connectivity index (χ0v) is 16.3. The second-order valence-electron chi connectivity index (χ2n) is 6.40. The molecule has 1 aromatic heterocycles. The summed E-state index contributed by atoms with van der Waals surface area (Å²) < 4.78 is 0. The van der Waals surface area contributed by atoms with Crippen molar-refractivity contribution in [1.29, 1.82) is 0 Å². The lowest BCUT2D eigenvalue weighted by Gasteiger charge is -2.22. The van der Waals surface area contributed by atoms with Gasteiger partial charge >= 0.3 is 5.97 Å². The largest absolute Gasteiger partial charge is 0.508 e. The van der Waals surface area contributed by atoms with E-state index in [9.17, 15) is 24.6 Å². The molecule has 0 aliphatic carbocycles. The van der Waals surface area contributed by atoms with Crippen LogP contribution in [0.3, 0.4) is 0 Å². The topological polar surface area (TPSA) is 170 Å². The molecule has 1 heterocycles. The molecule has 0 bridgehead atoms. The van der Waals surface area contributed by atoms with E-state index < -0.39 is 35.9 Å². The Bertz CT molecular complexity index is 828. The number of benzene rings is 1. The third-order valence-electron chi connectivity index (χ3n) is 4.14. The quantitative estimate of drug-likeness (QED) is 0.246. The summed E-state index contributed by atoms with van der Waals surface area (Å²) in [6, 6.07) is 2.77. The highest BCUT2D eigenvalue weighted by molar-refractivity contribution is 7.80. The molecule has 1 aromatic carbocycles. The Labute approximate surface area is 172 Å². The number of H-pyrrole nitrogens is 1. The summed E-state index contributed by atoms with van der Waals surface area (Å²) >= 11 is 3.97. The third-order valence-corrected chi connectivity index (χ3v) is 4.53. The molecule has 0 aliphatic heterocycles. The summed E-state index contributed by atoms with van der Waals surface area (Å²) in [5, 5.41) is 23.8. The van der Waals surface area contributed by atoms with Crippen molar-refractivity contribution >= 4 is 30.4 Å². The van der Waals surface area contributed by atoms with E-state index in [-0.39, 0.29) is 24.3 Å². The summed E-state index contributed by atoms with van der Waals surface area (Å²) in [4.78, 5) is 43.2. The lowest BCUT2D eigenvalue weighted by Crippen LogP contribution is -2.55. The van der Waals surface area contributed by atoms with Gasteiger partial charge in [0.05, 0.1) is 12.4 Å². The number of carboxylic acid groups (broad SMARTS) is 1. The van der Waals surface area contributed by atoms with E-state index in [2.05, 4.69) is 33.2 Å². The standard InChI is InChI=1S/C18H23N5O5S/c19-13(8-29)16(25)22-14(6-11-7-20-9-21-11)17(26)23-15(18(27)28)5-10-1-3-12(24)4-2-10/h1-4,7,9,13-15,24,29H,5-6,8,19H2,(H,20,21)(H,22,25)(H,23,26)(H,27,28). The highest BCUT2D eigenvalue weighted by Crippen LogP contribution is 2.12. The normalized spacial score (nSPS) is 13.9. The molecule has 0 spiro atoms. The number of aromatic nitrogens is 2. The molecule has 3 unspecified atom stereocenters. The molecule has 10 nitrogen and oxygen atoms in total. The van der Waals surface area contributed by atoms with Gasteiger partial charge < -0.3 is 31.6 Å². The van der Waals surface area contributed by atoms with Crippen LogP contribution in [0.25, 0.3) is 0 Å². The summed E-state index contributed by atoms with van der Waals surface area (Å²) in [6.45, 7) is 0. The van der Waals surface area contributed by atoms with Gasteiger partial charge in [0.1, 0.15) is 17.8 Å². The van der Waals surface area contributed by atoms with Gasteiger partial charge in [-0.3, -0.25) is 9.59 Å². The Morgan fingerprint density at radius 3 is 2.31 bits per heavy atom. The summed E-state index contributed by atoms with van der Waals surface area (Å²) in [6.07, 6.45) is 3.00. The SMILES string of the molecule is NC(CS)C(=O)NC(Cc1cnc[nH]1)C(=O)NC(Cc1ccc(O)cc1)C(=O)O. The minimum absolute atomic E-state index is 0.00221. The number of thiol groups is 1. The number of nitrogens with two attached hydrogens (primary N) is 1. The lowest BCUT2D eigenvalue weighted by molar-refractivity contribution is -0.142. The number of phenols is 1. The Kier molecular flexibility index (Phi) is 8.04. The number of rotatable bonds is 10. The van der Waals surface area contributed by atoms with Crippen LogP contribution < -0.4 is 16.4 Å². The van der Waals surface area contributed by atoms with Gasteiger partial charge in [-0.25, -0.2) is 9.78 Å². The molecule has 0 saturated carbocycles. The number of carbonyl (C=O) groups excluding carboxylic acids is 2. The minimum Gasteiger partial charge on any atom is -0.508 e. The van der Waals surface area contributed by atoms with E-state index in [0.717, 1.165) is 0 Å². The van der Waals surface area contributed by atoms with Crippen LogP contribution in [-0.2, 0) is 27.2 Å². The monoisotopic (exact) mass is 421 g/mol. The molecule has 2 aromatic rings. The van der Waals surface area contributed by atoms with E-state index in [4.69, 9.17) is 5.73 Å². The fraction of sp³-hybridized carbons (Fsp3) is 0.333. The smallest absolute Gasteiger partial charge is 0.326 e. The van der Waals surface area contributed by atoms with Crippen LogP contribution in [0.4, 0.5) is 0 Å². The van der Waals surface area contributed by atoms with Gasteiger partial charge in [-0.1, -0.05) is 12.1 Å². The van der Waals surface area contributed by atoms with Crippen molar-refractivity contribution in [2.45, 2.75) is 31.0 Å². The average molecular weight is 421 g/mol. The number of nitrogens with one attached hydrogen (secondary N) is 3. The van der Waals surface area contributed by atoms with Gasteiger partial charge in [0, 0.05) is 30.5 Å². The van der Waals surface area contributed by atoms with E-state index in [0.29, 0.717) is 11.3 Å². The van der Waals surface area contributed by atoms with Crippen LogP contribution in [0.1, 0.15) is 11.3 Å². The molecule has 0 saturated heterocycles. The molecule has 7 N–H and O–H groups in total. The van der Waals surface area contributed by atoms with Crippen LogP contribution in [0.15, 0.2) is 36.8 Å². The lowest BCUT2D eigenvalue weighted by atomic mass is 10.0. The zero-order valence-electron chi connectivity index (χ0n) is 15.4. The van der Waals surface area contributed by atoms with Gasteiger partial charge in [-0.2, -0.15) is 12.6 Å². The zero-order chi connectivity index (χ0) is 21.4. The molecule has 2 rings (SSSR count). The van der Waals surface area contributed by atoms with E-state index in [1.165, 1.54) is 24.7 Å². The Balaban J connectivity index is 2.12. The van der Waals surface area contributed by atoms with Crippen LogP contribution in [0, 0.1) is 0 Å². The maximum atomic E-state index is 12.8. The van der Waals surface area contributed by atoms with Crippen LogP contribution >= 0.6 is 12.6 Å². The van der Waals surface area contributed by atoms with Crippen molar-refractivity contribution in [3.05, 3.63) is 48.0 Å². The first-order valence-electron chi connectivity index (χ1n) is 8.75. The fourth-order valence-corrected chi connectivity index (χ4v) is 2.69. The number of imidazole rings is 1. The molecule has 29 heavy (non-hydrogen) atoms. The van der Waals surface area contributed by atoms with Crippen LogP contribution in [-0.4, -0.2) is 61.8 Å². The molecule has 11 heteroatoms. The van der Waals surface area contributed by atoms with E-state index in [1.807, 2.05) is 0 Å². The number of carboxylic acids is 1. The number of aliphatic carboxylic acids is 1. The van der Waals surface area contributed by atoms with Gasteiger partial charge in [-0.15, -0.1) is 0 Å². The first-order chi connectivity index (χ1) is 13.8. The van der Waals surface area contributed by atoms with Crippen LogP contribution in [0.2, 0.25) is 0 Å². The molecule has 0 aliphatic rings. The van der Waals surface area contributed by atoms with Gasteiger partial charge in [-0.05, 0) is 17.7 Å². The number of amides is 2. The number of nitrogens with zero attached hydrogens (tertiary/aromatic N) is 1. The predicted octanol–water partition coefficient (Wildman–Crippen LogP) is -0.788. The number of aromatic amines is 1. The Morgan fingerprint density at radius 2 is 1.76 bits per heavy atom. The molecule has 3 atom stereocenters. The number of carbonyl (C=O) groups is 3. The maximum Gasteiger partial charge on any atom is 0.326 e. The molecule has 0 fully saturated rings. The minimum atomic E-state index is -1.23. The van der Waals surface area contributed by atoms with Crippen LogP contribution in [0.5, 0.6) is 5.75 Å². The van der Waals surface area contributed by atoms with Crippen molar-refractivity contribution in [2.75, 3.05) is 5.75 Å².